The van der Waals surface area contributed by atoms with Crippen LogP contribution in [0.3, 0.4) is 0 Å². The summed E-state index contributed by atoms with van der Waals surface area (Å²) in [5, 5.41) is 9.12. The molecule has 0 heterocycles. The number of nitrogens with two attached hydrogens (primary N) is 1. The summed E-state index contributed by atoms with van der Waals surface area (Å²) in [5.41, 5.74) is 5.95. The fraction of sp³-hybridized carbons (Fsp3) is 1.00. The van der Waals surface area contributed by atoms with Crippen LogP contribution in [-0.2, 0) is 9.84 Å². The van der Waals surface area contributed by atoms with Crippen molar-refractivity contribution in [3.63, 3.8) is 0 Å². The third-order valence-corrected chi connectivity index (χ3v) is 4.76. The molecule has 6 heteroatoms. The van der Waals surface area contributed by atoms with Gasteiger partial charge < -0.3 is 10.8 Å². The van der Waals surface area contributed by atoms with Gasteiger partial charge in [0.15, 0.2) is 0 Å². The highest BCUT2D eigenvalue weighted by molar-refractivity contribution is 8.01. The average Bonchev–Trinajstić information content (AvgIpc) is 2.09. The van der Waals surface area contributed by atoms with E-state index in [0.717, 1.165) is 6.42 Å². The summed E-state index contributed by atoms with van der Waals surface area (Å²) in [5.74, 6) is 1.12. The molecule has 0 spiro atoms. The Balaban J connectivity index is 4.00. The van der Waals surface area contributed by atoms with Gasteiger partial charge in [0.25, 0.3) is 0 Å². The van der Waals surface area contributed by atoms with E-state index in [4.69, 9.17) is 5.73 Å². The minimum atomic E-state index is -2.92. The Kier molecular flexibility index (Phi) is 7.63. The van der Waals surface area contributed by atoms with E-state index in [1.165, 1.54) is 18.0 Å². The lowest BCUT2D eigenvalue weighted by Gasteiger charge is -2.22. The van der Waals surface area contributed by atoms with E-state index in [2.05, 4.69) is 13.8 Å². The molecule has 0 radical (unpaired) electrons. The Morgan fingerprint density at radius 1 is 1.38 bits per heavy atom. The van der Waals surface area contributed by atoms with Crippen LogP contribution in [0.2, 0.25) is 0 Å². The number of rotatable bonds is 8. The van der Waals surface area contributed by atoms with E-state index >= 15 is 0 Å². The van der Waals surface area contributed by atoms with Crippen molar-refractivity contribution < 1.29 is 13.5 Å². The van der Waals surface area contributed by atoms with Crippen molar-refractivity contribution in [2.75, 3.05) is 24.4 Å². The zero-order valence-electron chi connectivity index (χ0n) is 10.2. The lowest BCUT2D eigenvalue weighted by Crippen LogP contribution is -2.36. The number of thioether (sulfide) groups is 1. The lowest BCUT2D eigenvalue weighted by atomic mass is 10.0. The van der Waals surface area contributed by atoms with E-state index in [1.807, 2.05) is 0 Å². The van der Waals surface area contributed by atoms with Crippen LogP contribution in [0.15, 0.2) is 0 Å². The smallest absolute Gasteiger partial charge is 0.148 e. The molecule has 0 saturated carbocycles. The van der Waals surface area contributed by atoms with Gasteiger partial charge in [0.05, 0.1) is 12.4 Å². The Morgan fingerprint density at radius 3 is 2.31 bits per heavy atom. The number of hydrogen-bond donors (Lipinski definition) is 2. The van der Waals surface area contributed by atoms with Gasteiger partial charge in [-0.05, 0) is 12.3 Å². The highest BCUT2D eigenvalue weighted by Crippen LogP contribution is 2.18. The lowest BCUT2D eigenvalue weighted by molar-refractivity contribution is 0.275. The maximum absolute atomic E-state index is 10.9. The second-order valence-electron chi connectivity index (χ2n) is 4.52. The third kappa shape index (κ3) is 8.38. The van der Waals surface area contributed by atoms with Gasteiger partial charge in [0.2, 0.25) is 0 Å². The SMILES string of the molecule is CC(C)CC(N)C(CO)SCCS(C)(=O)=O. The van der Waals surface area contributed by atoms with Gasteiger partial charge in [0, 0.05) is 23.3 Å². The molecule has 0 bridgehead atoms. The molecule has 0 aliphatic rings. The normalized spacial score (nSPS) is 16.4. The summed E-state index contributed by atoms with van der Waals surface area (Å²) in [6, 6.07) is -0.0745. The molecule has 98 valence electrons. The molecule has 0 rings (SSSR count). The van der Waals surface area contributed by atoms with Crippen molar-refractivity contribution in [3.05, 3.63) is 0 Å². The van der Waals surface area contributed by atoms with Gasteiger partial charge in [-0.25, -0.2) is 8.42 Å². The van der Waals surface area contributed by atoms with Gasteiger partial charge >= 0.3 is 0 Å². The molecule has 2 atom stereocenters. The Morgan fingerprint density at radius 2 is 1.94 bits per heavy atom. The molecule has 0 saturated heterocycles. The van der Waals surface area contributed by atoms with Crippen LogP contribution < -0.4 is 5.73 Å². The molecule has 2 unspecified atom stereocenters. The molecule has 0 aliphatic carbocycles. The van der Waals surface area contributed by atoms with Gasteiger partial charge in [-0.1, -0.05) is 13.8 Å². The molecule has 0 amide bonds. The molecule has 16 heavy (non-hydrogen) atoms. The summed E-state index contributed by atoms with van der Waals surface area (Å²) in [4.78, 5) is 0. The first-order valence-corrected chi connectivity index (χ1v) is 8.53. The monoisotopic (exact) mass is 269 g/mol. The quantitative estimate of drug-likeness (QED) is 0.670. The fourth-order valence-corrected chi connectivity index (χ4v) is 3.72. The summed E-state index contributed by atoms with van der Waals surface area (Å²) in [6.45, 7) is 4.16. The number of sulfone groups is 1. The van der Waals surface area contributed by atoms with Gasteiger partial charge in [0.1, 0.15) is 9.84 Å². The second-order valence-corrected chi connectivity index (χ2v) is 8.12. The minimum Gasteiger partial charge on any atom is -0.395 e. The van der Waals surface area contributed by atoms with E-state index in [9.17, 15) is 13.5 Å². The maximum atomic E-state index is 10.9. The summed E-state index contributed by atoms with van der Waals surface area (Å²) in [6.07, 6.45) is 2.06. The minimum absolute atomic E-state index is 0.00230. The van der Waals surface area contributed by atoms with Crippen molar-refractivity contribution in [1.82, 2.24) is 0 Å². The molecule has 0 aromatic rings. The van der Waals surface area contributed by atoms with E-state index in [1.54, 1.807) is 0 Å². The third-order valence-electron chi connectivity index (χ3n) is 2.19. The van der Waals surface area contributed by atoms with Crippen LogP contribution in [0.1, 0.15) is 20.3 Å². The van der Waals surface area contributed by atoms with Crippen molar-refractivity contribution >= 4 is 21.6 Å². The summed E-state index contributed by atoms with van der Waals surface area (Å²) in [7, 11) is -2.92. The summed E-state index contributed by atoms with van der Waals surface area (Å²) < 4.78 is 21.9. The Bertz CT molecular complexity index is 278. The largest absolute Gasteiger partial charge is 0.395 e. The number of aliphatic hydroxyl groups excluding tert-OH is 1. The van der Waals surface area contributed by atoms with Crippen LogP contribution in [0, 0.1) is 5.92 Å². The molecule has 0 aliphatic heterocycles. The van der Waals surface area contributed by atoms with Crippen molar-refractivity contribution in [3.8, 4) is 0 Å². The molecular formula is C10H23NO3S2. The highest BCUT2D eigenvalue weighted by Gasteiger charge is 2.19. The van der Waals surface area contributed by atoms with Crippen LogP contribution in [0.5, 0.6) is 0 Å². The van der Waals surface area contributed by atoms with Crippen LogP contribution in [0.4, 0.5) is 0 Å². The topological polar surface area (TPSA) is 80.4 Å². The fourth-order valence-electron chi connectivity index (χ4n) is 1.36. The molecule has 3 N–H and O–H groups in total. The summed E-state index contributed by atoms with van der Waals surface area (Å²) >= 11 is 1.44. The standard InChI is InChI=1S/C10H23NO3S2/c1-8(2)6-9(11)10(7-12)15-4-5-16(3,13)14/h8-10,12H,4-7,11H2,1-3H3. The van der Waals surface area contributed by atoms with E-state index < -0.39 is 9.84 Å². The van der Waals surface area contributed by atoms with Gasteiger partial charge in [-0.2, -0.15) is 11.8 Å². The zero-order valence-corrected chi connectivity index (χ0v) is 11.9. The van der Waals surface area contributed by atoms with Crippen molar-refractivity contribution in [1.29, 1.82) is 0 Å². The molecule has 0 aromatic heterocycles. The van der Waals surface area contributed by atoms with E-state index in [-0.39, 0.29) is 23.7 Å². The van der Waals surface area contributed by atoms with Crippen molar-refractivity contribution in [2.45, 2.75) is 31.6 Å². The Labute approximate surface area is 103 Å². The predicted octanol–water partition coefficient (Wildman–Crippen LogP) is 0.499. The van der Waals surface area contributed by atoms with Gasteiger partial charge in [-0.15, -0.1) is 0 Å². The number of aliphatic hydroxyl groups is 1. The van der Waals surface area contributed by atoms with Crippen LogP contribution in [-0.4, -0.2) is 49.2 Å². The van der Waals surface area contributed by atoms with Crippen LogP contribution >= 0.6 is 11.8 Å². The molecule has 4 nitrogen and oxygen atoms in total. The Hall–Kier alpha value is 0.220. The maximum Gasteiger partial charge on any atom is 0.148 e. The zero-order chi connectivity index (χ0) is 12.8. The second kappa shape index (κ2) is 7.53. The first-order chi connectivity index (χ1) is 7.26. The molecular weight excluding hydrogens is 246 g/mol. The first kappa shape index (κ1) is 16.2. The van der Waals surface area contributed by atoms with Gasteiger partial charge in [-0.3, -0.25) is 0 Å². The van der Waals surface area contributed by atoms with Crippen LogP contribution in [0.25, 0.3) is 0 Å². The highest BCUT2D eigenvalue weighted by atomic mass is 32.2. The molecule has 0 aromatic carbocycles. The van der Waals surface area contributed by atoms with E-state index in [0.29, 0.717) is 11.7 Å². The first-order valence-electron chi connectivity index (χ1n) is 5.42. The number of hydrogen-bond acceptors (Lipinski definition) is 5. The predicted molar refractivity (Wildman–Crippen MR) is 70.5 cm³/mol. The average molecular weight is 269 g/mol. The van der Waals surface area contributed by atoms with Crippen molar-refractivity contribution in [2.24, 2.45) is 11.7 Å². The molecule has 0 fully saturated rings.